The van der Waals surface area contributed by atoms with E-state index in [0.717, 1.165) is 12.8 Å². The van der Waals surface area contributed by atoms with E-state index in [4.69, 9.17) is 10.2 Å². The first-order valence-electron chi connectivity index (χ1n) is 6.18. The van der Waals surface area contributed by atoms with Crippen molar-refractivity contribution in [2.75, 3.05) is 0 Å². The Labute approximate surface area is 113 Å². The Morgan fingerprint density at radius 1 is 0.895 bits per heavy atom. The maximum atomic E-state index is 10.2. The molecule has 0 radical (unpaired) electrons. The van der Waals surface area contributed by atoms with E-state index >= 15 is 0 Å². The Bertz CT molecular complexity index is 466. The summed E-state index contributed by atoms with van der Waals surface area (Å²) in [6.45, 7) is 0. The molecule has 2 aromatic rings. The van der Waals surface area contributed by atoms with Crippen molar-refractivity contribution in [1.82, 2.24) is 0 Å². The number of carboxylic acids is 1. The van der Waals surface area contributed by atoms with Crippen molar-refractivity contribution in [3.8, 4) is 5.75 Å². The highest BCUT2D eigenvalue weighted by Crippen LogP contribution is 2.04. The summed E-state index contributed by atoms with van der Waals surface area (Å²) in [6, 6.07) is 18.6. The van der Waals surface area contributed by atoms with Gasteiger partial charge >= 0.3 is 5.97 Å². The summed E-state index contributed by atoms with van der Waals surface area (Å²) < 4.78 is 0. The summed E-state index contributed by atoms with van der Waals surface area (Å²) in [4.78, 5) is 10.2. The predicted octanol–water partition coefficient (Wildman–Crippen LogP) is 3.49. The van der Waals surface area contributed by atoms with Crippen LogP contribution in [0.4, 0.5) is 0 Å². The number of aromatic hydroxyl groups is 1. The second-order valence-corrected chi connectivity index (χ2v) is 4.07. The van der Waals surface area contributed by atoms with Crippen molar-refractivity contribution in [1.29, 1.82) is 0 Å². The van der Waals surface area contributed by atoms with Gasteiger partial charge in [-0.3, -0.25) is 4.79 Å². The number of para-hydroxylation sites is 1. The quantitative estimate of drug-likeness (QED) is 0.882. The molecule has 0 aliphatic heterocycles. The maximum absolute atomic E-state index is 10.2. The number of hydrogen-bond acceptors (Lipinski definition) is 2. The van der Waals surface area contributed by atoms with Crippen molar-refractivity contribution < 1.29 is 15.0 Å². The van der Waals surface area contributed by atoms with Crippen LogP contribution in [-0.4, -0.2) is 16.2 Å². The molecule has 0 atom stereocenters. The molecule has 0 aliphatic carbocycles. The lowest BCUT2D eigenvalue weighted by Crippen LogP contribution is -1.95. The maximum Gasteiger partial charge on any atom is 0.303 e. The number of carboxylic acid groups (broad SMARTS) is 1. The molecular weight excluding hydrogens is 240 g/mol. The Hall–Kier alpha value is -2.29. The first kappa shape index (κ1) is 14.8. The first-order chi connectivity index (χ1) is 9.18. The van der Waals surface area contributed by atoms with E-state index in [-0.39, 0.29) is 6.42 Å². The molecule has 0 unspecified atom stereocenters. The highest BCUT2D eigenvalue weighted by Gasteiger charge is 1.96. The van der Waals surface area contributed by atoms with Crippen molar-refractivity contribution in [3.63, 3.8) is 0 Å². The van der Waals surface area contributed by atoms with Crippen LogP contribution in [0.2, 0.25) is 0 Å². The second kappa shape index (κ2) is 8.75. The average Bonchev–Trinajstić information content (AvgIpc) is 2.41. The SMILES string of the molecule is O=C(O)CCCc1ccccc1.Oc1ccccc1. The summed E-state index contributed by atoms with van der Waals surface area (Å²) in [6.07, 6.45) is 1.83. The molecule has 0 heterocycles. The third kappa shape index (κ3) is 7.60. The highest BCUT2D eigenvalue weighted by molar-refractivity contribution is 5.66. The van der Waals surface area contributed by atoms with Crippen LogP contribution in [-0.2, 0) is 11.2 Å². The summed E-state index contributed by atoms with van der Waals surface area (Å²) in [5.74, 6) is -0.395. The number of rotatable bonds is 4. The molecule has 3 heteroatoms. The second-order valence-electron chi connectivity index (χ2n) is 4.07. The summed E-state index contributed by atoms with van der Waals surface area (Å²) in [5.41, 5.74) is 1.21. The Morgan fingerprint density at radius 2 is 1.42 bits per heavy atom. The van der Waals surface area contributed by atoms with Crippen molar-refractivity contribution in [3.05, 3.63) is 66.2 Å². The van der Waals surface area contributed by atoms with Crippen LogP contribution in [0.1, 0.15) is 18.4 Å². The lowest BCUT2D eigenvalue weighted by Gasteiger charge is -1.97. The predicted molar refractivity (Wildman–Crippen MR) is 75.1 cm³/mol. The van der Waals surface area contributed by atoms with Crippen molar-refractivity contribution in [2.45, 2.75) is 19.3 Å². The van der Waals surface area contributed by atoms with Gasteiger partial charge in [0.25, 0.3) is 0 Å². The van der Waals surface area contributed by atoms with Gasteiger partial charge in [0, 0.05) is 6.42 Å². The van der Waals surface area contributed by atoms with Gasteiger partial charge in [0.05, 0.1) is 0 Å². The molecule has 100 valence electrons. The van der Waals surface area contributed by atoms with Gasteiger partial charge in [0.1, 0.15) is 5.75 Å². The number of phenols is 1. The smallest absolute Gasteiger partial charge is 0.303 e. The van der Waals surface area contributed by atoms with Crippen LogP contribution >= 0.6 is 0 Å². The van der Waals surface area contributed by atoms with E-state index in [0.29, 0.717) is 5.75 Å². The number of carbonyl (C=O) groups is 1. The number of benzene rings is 2. The standard InChI is InChI=1S/C10H12O2.C6H6O/c11-10(12)8-4-7-9-5-2-1-3-6-9;7-6-4-2-1-3-5-6/h1-3,5-6H,4,7-8H2,(H,11,12);1-5,7H. The van der Waals surface area contributed by atoms with Crippen LogP contribution in [0.25, 0.3) is 0 Å². The van der Waals surface area contributed by atoms with E-state index in [1.165, 1.54) is 5.56 Å². The summed E-state index contributed by atoms with van der Waals surface area (Å²) >= 11 is 0. The molecule has 0 aliphatic rings. The fourth-order valence-electron chi connectivity index (χ4n) is 1.52. The van der Waals surface area contributed by atoms with Gasteiger partial charge in [-0.25, -0.2) is 0 Å². The van der Waals surface area contributed by atoms with Crippen LogP contribution in [0.5, 0.6) is 5.75 Å². The van der Waals surface area contributed by atoms with Crippen molar-refractivity contribution >= 4 is 5.97 Å². The minimum Gasteiger partial charge on any atom is -0.508 e. The molecule has 2 N–H and O–H groups in total. The monoisotopic (exact) mass is 258 g/mol. The van der Waals surface area contributed by atoms with E-state index in [9.17, 15) is 4.79 Å². The van der Waals surface area contributed by atoms with Crippen LogP contribution in [0.3, 0.4) is 0 Å². The largest absolute Gasteiger partial charge is 0.508 e. The zero-order valence-electron chi connectivity index (χ0n) is 10.7. The summed E-state index contributed by atoms with van der Waals surface area (Å²) in [7, 11) is 0. The third-order valence-electron chi connectivity index (χ3n) is 2.46. The molecule has 0 saturated heterocycles. The Kier molecular flexibility index (Phi) is 6.80. The minimum atomic E-state index is -0.717. The molecule has 0 saturated carbocycles. The minimum absolute atomic E-state index is 0.259. The zero-order chi connectivity index (χ0) is 13.9. The van der Waals surface area contributed by atoms with Gasteiger partial charge in [-0.1, -0.05) is 48.5 Å². The van der Waals surface area contributed by atoms with Gasteiger partial charge in [0.2, 0.25) is 0 Å². The lowest BCUT2D eigenvalue weighted by atomic mass is 10.1. The zero-order valence-corrected chi connectivity index (χ0v) is 10.7. The van der Waals surface area contributed by atoms with Gasteiger partial charge in [-0.15, -0.1) is 0 Å². The highest BCUT2D eigenvalue weighted by atomic mass is 16.4. The lowest BCUT2D eigenvalue weighted by molar-refractivity contribution is -0.137. The van der Waals surface area contributed by atoms with Gasteiger partial charge in [-0.2, -0.15) is 0 Å². The Balaban J connectivity index is 0.000000218. The summed E-state index contributed by atoms with van der Waals surface area (Å²) in [5, 5.41) is 17.0. The molecule has 0 bridgehead atoms. The molecule has 3 nitrogen and oxygen atoms in total. The number of aliphatic carboxylic acids is 1. The molecule has 19 heavy (non-hydrogen) atoms. The molecule has 2 aromatic carbocycles. The molecule has 0 spiro atoms. The van der Waals surface area contributed by atoms with Crippen molar-refractivity contribution in [2.24, 2.45) is 0 Å². The van der Waals surface area contributed by atoms with E-state index in [1.807, 2.05) is 36.4 Å². The molecule has 0 fully saturated rings. The van der Waals surface area contributed by atoms with Crippen LogP contribution in [0.15, 0.2) is 60.7 Å². The number of aryl methyl sites for hydroxylation is 1. The molecular formula is C16H18O3. The van der Waals surface area contributed by atoms with Gasteiger partial charge in [-0.05, 0) is 30.5 Å². The average molecular weight is 258 g/mol. The molecule has 0 amide bonds. The topological polar surface area (TPSA) is 57.5 Å². The van der Waals surface area contributed by atoms with E-state index in [2.05, 4.69) is 0 Å². The first-order valence-corrected chi connectivity index (χ1v) is 6.18. The molecule has 0 aromatic heterocycles. The fraction of sp³-hybridized carbons (Fsp3) is 0.188. The normalized spacial score (nSPS) is 9.26. The van der Waals surface area contributed by atoms with Gasteiger partial charge in [0.15, 0.2) is 0 Å². The number of phenolic OH excluding ortho intramolecular Hbond substituents is 1. The van der Waals surface area contributed by atoms with Crippen LogP contribution in [0, 0.1) is 0 Å². The number of hydrogen-bond donors (Lipinski definition) is 2. The van der Waals surface area contributed by atoms with E-state index < -0.39 is 5.97 Å². The molecule has 2 rings (SSSR count). The fourth-order valence-corrected chi connectivity index (χ4v) is 1.52. The van der Waals surface area contributed by atoms with Crippen LogP contribution < -0.4 is 0 Å². The Morgan fingerprint density at radius 3 is 1.84 bits per heavy atom. The third-order valence-corrected chi connectivity index (χ3v) is 2.46. The van der Waals surface area contributed by atoms with E-state index in [1.54, 1.807) is 24.3 Å². The van der Waals surface area contributed by atoms with Gasteiger partial charge < -0.3 is 10.2 Å².